The number of rotatable bonds is 3. The molecule has 5 rings (SSSR count). The van der Waals surface area contributed by atoms with E-state index in [1.54, 1.807) is 16.8 Å². The van der Waals surface area contributed by atoms with Crippen molar-refractivity contribution in [2.45, 2.75) is 31.8 Å². The number of halogens is 1. The van der Waals surface area contributed by atoms with E-state index in [1.807, 2.05) is 0 Å². The van der Waals surface area contributed by atoms with E-state index in [2.05, 4.69) is 55.7 Å². The van der Waals surface area contributed by atoms with Crippen LogP contribution in [0.25, 0.3) is 5.52 Å². The van der Waals surface area contributed by atoms with Gasteiger partial charge in [0.2, 0.25) is 0 Å². The summed E-state index contributed by atoms with van der Waals surface area (Å²) in [5.41, 5.74) is 2.51. The van der Waals surface area contributed by atoms with Crippen molar-refractivity contribution in [3.05, 3.63) is 62.6 Å². The number of hydrogen-bond acceptors (Lipinski definition) is 5. The van der Waals surface area contributed by atoms with Gasteiger partial charge >= 0.3 is 0 Å². The summed E-state index contributed by atoms with van der Waals surface area (Å²) in [4.78, 5) is 13.2. The molecule has 5 heterocycles. The fourth-order valence-electron chi connectivity index (χ4n) is 3.86. The van der Waals surface area contributed by atoms with Crippen LogP contribution >= 0.6 is 15.9 Å². The molecule has 134 valence electrons. The topological polar surface area (TPSA) is 81.1 Å². The Morgan fingerprint density at radius 1 is 1.38 bits per heavy atom. The van der Waals surface area contributed by atoms with Crippen LogP contribution in [0.15, 0.2) is 41.1 Å². The monoisotopic (exact) mass is 417 g/mol. The second-order valence-corrected chi connectivity index (χ2v) is 7.60. The molecule has 0 N–H and O–H groups in total. The normalized spacial score (nSPS) is 25.4. The predicted octanol–water partition coefficient (Wildman–Crippen LogP) is 3.28. The van der Waals surface area contributed by atoms with E-state index in [4.69, 9.17) is 4.74 Å². The van der Waals surface area contributed by atoms with Crippen LogP contribution in [-0.2, 0) is 11.3 Å². The Kier molecular flexibility index (Phi) is 3.46. The van der Waals surface area contributed by atoms with Crippen molar-refractivity contribution in [2.75, 3.05) is 6.54 Å². The molecule has 0 amide bonds. The minimum Gasteiger partial charge on any atom is -0.349 e. The van der Waals surface area contributed by atoms with Gasteiger partial charge in [0.25, 0.3) is 5.69 Å². The van der Waals surface area contributed by atoms with Gasteiger partial charge < -0.3 is 9.30 Å². The van der Waals surface area contributed by atoms with Crippen LogP contribution in [0.3, 0.4) is 0 Å². The molecule has 0 saturated carbocycles. The van der Waals surface area contributed by atoms with Crippen molar-refractivity contribution in [1.29, 1.82) is 0 Å². The SMILES string of the molecule is CC1c2cccn2CCN1C1OC1c1cc2c([N+](=O)[O-])cc(Br)cn2n1. The second kappa shape index (κ2) is 5.63. The van der Waals surface area contributed by atoms with Gasteiger partial charge in [-0.25, -0.2) is 4.52 Å². The molecule has 2 aliphatic heterocycles. The maximum Gasteiger partial charge on any atom is 0.296 e. The molecule has 0 radical (unpaired) electrons. The molecular formula is C17H16BrN5O3. The Labute approximate surface area is 157 Å². The van der Waals surface area contributed by atoms with Gasteiger partial charge in [-0.3, -0.25) is 15.0 Å². The summed E-state index contributed by atoms with van der Waals surface area (Å²) in [6.07, 6.45) is 3.63. The summed E-state index contributed by atoms with van der Waals surface area (Å²) in [5, 5.41) is 15.8. The zero-order valence-electron chi connectivity index (χ0n) is 13.9. The number of hydrogen-bond donors (Lipinski definition) is 0. The standard InChI is InChI=1S/C17H16BrN5O3/c1-10-13-3-2-4-20(13)5-6-21(10)17-16(26-17)12-8-14-15(23(24)25)7-11(18)9-22(14)19-12/h2-4,7-10,16-17H,5-6H2,1H3. The Bertz CT molecular complexity index is 1030. The number of ether oxygens (including phenoxy) is 1. The number of aromatic nitrogens is 3. The van der Waals surface area contributed by atoms with Crippen LogP contribution in [0.5, 0.6) is 0 Å². The second-order valence-electron chi connectivity index (χ2n) is 6.69. The highest BCUT2D eigenvalue weighted by atomic mass is 79.9. The highest BCUT2D eigenvalue weighted by Crippen LogP contribution is 2.45. The van der Waals surface area contributed by atoms with Gasteiger partial charge in [0, 0.05) is 47.8 Å². The largest absolute Gasteiger partial charge is 0.349 e. The van der Waals surface area contributed by atoms with Crippen molar-refractivity contribution in [1.82, 2.24) is 19.1 Å². The lowest BCUT2D eigenvalue weighted by molar-refractivity contribution is -0.383. The van der Waals surface area contributed by atoms with Gasteiger partial charge in [0.15, 0.2) is 0 Å². The molecule has 3 unspecified atom stereocenters. The van der Waals surface area contributed by atoms with Crippen LogP contribution in [0.4, 0.5) is 5.69 Å². The Morgan fingerprint density at radius 2 is 2.23 bits per heavy atom. The Hall–Kier alpha value is -2.23. The smallest absolute Gasteiger partial charge is 0.296 e. The summed E-state index contributed by atoms with van der Waals surface area (Å²) in [5.74, 6) is 0. The molecule has 3 atom stereocenters. The molecule has 8 nitrogen and oxygen atoms in total. The highest BCUT2D eigenvalue weighted by Gasteiger charge is 2.49. The van der Waals surface area contributed by atoms with Gasteiger partial charge in [-0.1, -0.05) is 0 Å². The third-order valence-corrected chi connectivity index (χ3v) is 5.64. The summed E-state index contributed by atoms with van der Waals surface area (Å²) in [7, 11) is 0. The molecule has 0 aromatic carbocycles. The van der Waals surface area contributed by atoms with Gasteiger partial charge in [-0.05, 0) is 41.1 Å². The van der Waals surface area contributed by atoms with Gasteiger partial charge in [0.1, 0.15) is 17.8 Å². The van der Waals surface area contributed by atoms with E-state index < -0.39 is 4.92 Å². The van der Waals surface area contributed by atoms with Crippen molar-refractivity contribution >= 4 is 27.1 Å². The minimum absolute atomic E-state index is 0.0273. The Morgan fingerprint density at radius 3 is 3.04 bits per heavy atom. The van der Waals surface area contributed by atoms with Crippen LogP contribution < -0.4 is 0 Å². The van der Waals surface area contributed by atoms with Crippen molar-refractivity contribution in [3.63, 3.8) is 0 Å². The predicted molar refractivity (Wildman–Crippen MR) is 96.7 cm³/mol. The third-order valence-electron chi connectivity index (χ3n) is 5.21. The number of pyridine rings is 1. The van der Waals surface area contributed by atoms with Gasteiger partial charge in [-0.15, -0.1) is 0 Å². The molecule has 3 aromatic heterocycles. The van der Waals surface area contributed by atoms with Gasteiger partial charge in [-0.2, -0.15) is 5.10 Å². The molecule has 0 aliphatic carbocycles. The van der Waals surface area contributed by atoms with E-state index >= 15 is 0 Å². The molecule has 0 spiro atoms. The maximum absolute atomic E-state index is 11.3. The average molecular weight is 418 g/mol. The third kappa shape index (κ3) is 2.38. The molecule has 26 heavy (non-hydrogen) atoms. The summed E-state index contributed by atoms with van der Waals surface area (Å²) in [6.45, 7) is 4.02. The first-order valence-corrected chi connectivity index (χ1v) is 9.21. The van der Waals surface area contributed by atoms with E-state index in [0.717, 1.165) is 18.8 Å². The van der Waals surface area contributed by atoms with Crippen LogP contribution in [0.2, 0.25) is 0 Å². The lowest BCUT2D eigenvalue weighted by atomic mass is 10.1. The minimum atomic E-state index is -0.391. The molecule has 0 bridgehead atoms. The van der Waals surface area contributed by atoms with Crippen molar-refractivity contribution in [2.24, 2.45) is 0 Å². The number of epoxide rings is 1. The summed E-state index contributed by atoms with van der Waals surface area (Å²) >= 11 is 3.30. The number of fused-ring (bicyclic) bond motifs is 2. The first-order chi connectivity index (χ1) is 12.5. The van der Waals surface area contributed by atoms with E-state index in [-0.39, 0.29) is 24.1 Å². The van der Waals surface area contributed by atoms with Crippen LogP contribution in [0, 0.1) is 10.1 Å². The molecule has 1 fully saturated rings. The first kappa shape index (κ1) is 16.0. The van der Waals surface area contributed by atoms with Crippen molar-refractivity contribution in [3.8, 4) is 0 Å². The molecular weight excluding hydrogens is 402 g/mol. The zero-order chi connectivity index (χ0) is 18.0. The zero-order valence-corrected chi connectivity index (χ0v) is 15.5. The maximum atomic E-state index is 11.3. The van der Waals surface area contributed by atoms with E-state index in [1.165, 1.54) is 11.8 Å². The fourth-order valence-corrected chi connectivity index (χ4v) is 4.28. The quantitative estimate of drug-likeness (QED) is 0.371. The highest BCUT2D eigenvalue weighted by molar-refractivity contribution is 9.10. The lowest BCUT2D eigenvalue weighted by Gasteiger charge is -2.33. The fraction of sp³-hybridized carbons (Fsp3) is 0.353. The summed E-state index contributed by atoms with van der Waals surface area (Å²) < 4.78 is 10.4. The molecule has 3 aromatic rings. The summed E-state index contributed by atoms with van der Waals surface area (Å²) in [6, 6.07) is 7.72. The number of nitro groups is 1. The van der Waals surface area contributed by atoms with Crippen molar-refractivity contribution < 1.29 is 9.66 Å². The number of nitrogens with zero attached hydrogens (tertiary/aromatic N) is 5. The lowest BCUT2D eigenvalue weighted by Crippen LogP contribution is -2.38. The first-order valence-electron chi connectivity index (χ1n) is 8.42. The van der Waals surface area contributed by atoms with E-state index in [9.17, 15) is 10.1 Å². The van der Waals surface area contributed by atoms with Crippen LogP contribution in [-0.4, -0.2) is 36.8 Å². The van der Waals surface area contributed by atoms with Gasteiger partial charge in [0.05, 0.1) is 10.6 Å². The Balaban J connectivity index is 1.44. The molecule has 2 aliphatic rings. The molecule has 1 saturated heterocycles. The van der Waals surface area contributed by atoms with Crippen LogP contribution in [0.1, 0.15) is 30.5 Å². The molecule has 9 heteroatoms. The van der Waals surface area contributed by atoms with E-state index in [0.29, 0.717) is 9.99 Å². The average Bonchev–Trinajstić information content (AvgIpc) is 3.03.